The van der Waals surface area contributed by atoms with Gasteiger partial charge in [-0.15, -0.1) is 0 Å². The highest BCUT2D eigenvalue weighted by atomic mass is 16.5. The highest BCUT2D eigenvalue weighted by Crippen LogP contribution is 2.16. The molecule has 0 spiro atoms. The highest BCUT2D eigenvalue weighted by Gasteiger charge is 2.11. The third kappa shape index (κ3) is 2.33. The van der Waals surface area contributed by atoms with Crippen LogP contribution < -0.4 is 5.32 Å². The van der Waals surface area contributed by atoms with Gasteiger partial charge in [-0.1, -0.05) is 0 Å². The molecule has 0 aromatic carbocycles. The van der Waals surface area contributed by atoms with Crippen LogP contribution >= 0.6 is 0 Å². The first-order valence-electron chi connectivity index (χ1n) is 5.70. The van der Waals surface area contributed by atoms with Crippen LogP contribution in [0.4, 0.5) is 0 Å². The average Bonchev–Trinajstić information content (AvgIpc) is 2.65. The topological polar surface area (TPSA) is 69.0 Å². The normalized spacial score (nSPS) is 10.8. The first-order valence-corrected chi connectivity index (χ1v) is 5.70. The largest absolute Gasteiger partial charge is 0.383 e. The minimum absolute atomic E-state index is 0.148. The van der Waals surface area contributed by atoms with Crippen LogP contribution in [0.2, 0.25) is 0 Å². The van der Waals surface area contributed by atoms with Crippen molar-refractivity contribution in [2.75, 3.05) is 20.3 Å². The second kappa shape index (κ2) is 5.14. The van der Waals surface area contributed by atoms with Gasteiger partial charge in [0.1, 0.15) is 0 Å². The number of carbonyl (C=O) groups excluding carboxylic acids is 1. The summed E-state index contributed by atoms with van der Waals surface area (Å²) in [6.45, 7) is 2.88. The Morgan fingerprint density at radius 3 is 3.06 bits per heavy atom. The smallest absolute Gasteiger partial charge is 0.252 e. The summed E-state index contributed by atoms with van der Waals surface area (Å²) in [6.07, 6.45) is 1.56. The van der Waals surface area contributed by atoms with Crippen LogP contribution in [0.5, 0.6) is 0 Å². The predicted molar refractivity (Wildman–Crippen MR) is 67.5 cm³/mol. The number of hydrogen-bond donors (Lipinski definition) is 1. The van der Waals surface area contributed by atoms with Gasteiger partial charge in [0.2, 0.25) is 0 Å². The molecule has 18 heavy (non-hydrogen) atoms. The standard InChI is InChI=1S/C12H16N4O2/c1-8-10-6-9(12(17)13-4-5-18-3)7-14-11(10)16(2)15-8/h6-7H,4-5H2,1-3H3,(H,13,17). The molecule has 0 atom stereocenters. The van der Waals surface area contributed by atoms with Crippen LogP contribution in [0.25, 0.3) is 11.0 Å². The summed E-state index contributed by atoms with van der Waals surface area (Å²) in [4.78, 5) is 16.1. The molecule has 0 saturated heterocycles. The van der Waals surface area contributed by atoms with Gasteiger partial charge in [-0.2, -0.15) is 5.10 Å². The maximum atomic E-state index is 11.8. The van der Waals surface area contributed by atoms with Crippen LogP contribution in [0.15, 0.2) is 12.3 Å². The molecule has 6 nitrogen and oxygen atoms in total. The Kier molecular flexibility index (Phi) is 3.57. The summed E-state index contributed by atoms with van der Waals surface area (Å²) in [7, 11) is 3.43. The van der Waals surface area contributed by atoms with Crippen LogP contribution in [0, 0.1) is 6.92 Å². The number of aryl methyl sites for hydroxylation is 2. The zero-order chi connectivity index (χ0) is 13.1. The molecular weight excluding hydrogens is 232 g/mol. The van der Waals surface area contributed by atoms with Crippen molar-refractivity contribution in [3.05, 3.63) is 23.5 Å². The maximum Gasteiger partial charge on any atom is 0.252 e. The van der Waals surface area contributed by atoms with Crippen molar-refractivity contribution in [3.63, 3.8) is 0 Å². The lowest BCUT2D eigenvalue weighted by Gasteiger charge is -2.04. The van der Waals surface area contributed by atoms with Crippen LogP contribution in [0.1, 0.15) is 16.1 Å². The van der Waals surface area contributed by atoms with E-state index in [2.05, 4.69) is 15.4 Å². The number of rotatable bonds is 4. The second-order valence-corrected chi connectivity index (χ2v) is 4.05. The maximum absolute atomic E-state index is 11.8. The fourth-order valence-electron chi connectivity index (χ4n) is 1.80. The third-order valence-electron chi connectivity index (χ3n) is 2.72. The number of methoxy groups -OCH3 is 1. The van der Waals surface area contributed by atoms with Gasteiger partial charge in [0.15, 0.2) is 5.65 Å². The van der Waals surface area contributed by atoms with Gasteiger partial charge in [0.05, 0.1) is 17.9 Å². The zero-order valence-electron chi connectivity index (χ0n) is 10.7. The van der Waals surface area contributed by atoms with Crippen LogP contribution in [0.3, 0.4) is 0 Å². The van der Waals surface area contributed by atoms with Crippen molar-refractivity contribution in [2.24, 2.45) is 7.05 Å². The summed E-state index contributed by atoms with van der Waals surface area (Å²) >= 11 is 0. The number of hydrogen-bond acceptors (Lipinski definition) is 4. The lowest BCUT2D eigenvalue weighted by atomic mass is 10.2. The van der Waals surface area contributed by atoms with Crippen molar-refractivity contribution >= 4 is 16.9 Å². The SMILES string of the molecule is COCCNC(=O)c1cnc2c(c1)c(C)nn2C. The molecule has 2 heterocycles. The van der Waals surface area contributed by atoms with E-state index >= 15 is 0 Å². The lowest BCUT2D eigenvalue weighted by Crippen LogP contribution is -2.27. The van der Waals surface area contributed by atoms with Crippen molar-refractivity contribution in [3.8, 4) is 0 Å². The molecule has 0 bridgehead atoms. The highest BCUT2D eigenvalue weighted by molar-refractivity contribution is 5.97. The quantitative estimate of drug-likeness (QED) is 0.807. The number of ether oxygens (including phenoxy) is 1. The number of nitrogens with one attached hydrogen (secondary N) is 1. The van der Waals surface area contributed by atoms with Gasteiger partial charge in [0, 0.05) is 32.3 Å². The van der Waals surface area contributed by atoms with Crippen molar-refractivity contribution in [1.29, 1.82) is 0 Å². The first kappa shape index (κ1) is 12.5. The fourth-order valence-corrected chi connectivity index (χ4v) is 1.80. The molecule has 0 radical (unpaired) electrons. The van der Waals surface area contributed by atoms with Gasteiger partial charge < -0.3 is 10.1 Å². The van der Waals surface area contributed by atoms with E-state index in [9.17, 15) is 4.79 Å². The third-order valence-corrected chi connectivity index (χ3v) is 2.72. The van der Waals surface area contributed by atoms with E-state index in [0.717, 1.165) is 16.7 Å². The van der Waals surface area contributed by atoms with Crippen molar-refractivity contribution in [1.82, 2.24) is 20.1 Å². The number of nitrogens with zero attached hydrogens (tertiary/aromatic N) is 3. The molecule has 2 aromatic heterocycles. The minimum atomic E-state index is -0.148. The molecule has 0 aliphatic rings. The van der Waals surface area contributed by atoms with E-state index in [-0.39, 0.29) is 5.91 Å². The fraction of sp³-hybridized carbons (Fsp3) is 0.417. The van der Waals surface area contributed by atoms with E-state index in [1.54, 1.807) is 18.0 Å². The Bertz CT molecular complexity index is 577. The number of amides is 1. The lowest BCUT2D eigenvalue weighted by molar-refractivity contribution is 0.0937. The molecule has 96 valence electrons. The van der Waals surface area contributed by atoms with E-state index in [0.29, 0.717) is 18.7 Å². The Morgan fingerprint density at radius 2 is 2.33 bits per heavy atom. The second-order valence-electron chi connectivity index (χ2n) is 4.05. The van der Waals surface area contributed by atoms with Gasteiger partial charge in [-0.05, 0) is 13.0 Å². The zero-order valence-corrected chi connectivity index (χ0v) is 10.7. The number of carbonyl (C=O) groups is 1. The molecule has 6 heteroatoms. The van der Waals surface area contributed by atoms with Gasteiger partial charge in [-0.25, -0.2) is 4.98 Å². The summed E-state index contributed by atoms with van der Waals surface area (Å²) in [5.74, 6) is -0.148. The molecule has 0 unspecified atom stereocenters. The first-order chi connectivity index (χ1) is 8.63. The van der Waals surface area contributed by atoms with E-state index in [1.165, 1.54) is 0 Å². The Labute approximate surface area is 105 Å². The molecule has 2 rings (SSSR count). The Balaban J connectivity index is 2.24. The number of pyridine rings is 1. The van der Waals surface area contributed by atoms with Gasteiger partial charge in [-0.3, -0.25) is 9.48 Å². The molecule has 0 fully saturated rings. The van der Waals surface area contributed by atoms with E-state index in [1.807, 2.05) is 20.0 Å². The summed E-state index contributed by atoms with van der Waals surface area (Å²) < 4.78 is 6.58. The van der Waals surface area contributed by atoms with Gasteiger partial charge in [0.25, 0.3) is 5.91 Å². The van der Waals surface area contributed by atoms with Crippen molar-refractivity contribution < 1.29 is 9.53 Å². The predicted octanol–water partition coefficient (Wildman–Crippen LogP) is 0.653. The summed E-state index contributed by atoms with van der Waals surface area (Å²) in [6, 6.07) is 1.81. The molecule has 0 aliphatic carbocycles. The number of aromatic nitrogens is 3. The molecule has 0 saturated carbocycles. The van der Waals surface area contributed by atoms with Crippen LogP contribution in [-0.2, 0) is 11.8 Å². The number of fused-ring (bicyclic) bond motifs is 1. The molecular formula is C12H16N4O2. The molecule has 1 N–H and O–H groups in total. The molecule has 2 aromatic rings. The van der Waals surface area contributed by atoms with Gasteiger partial charge >= 0.3 is 0 Å². The molecule has 1 amide bonds. The minimum Gasteiger partial charge on any atom is -0.383 e. The van der Waals surface area contributed by atoms with E-state index in [4.69, 9.17) is 4.74 Å². The Morgan fingerprint density at radius 1 is 1.56 bits per heavy atom. The summed E-state index contributed by atoms with van der Waals surface area (Å²) in [5, 5.41) is 7.93. The Hall–Kier alpha value is -1.95. The van der Waals surface area contributed by atoms with Crippen molar-refractivity contribution in [2.45, 2.75) is 6.92 Å². The monoisotopic (exact) mass is 248 g/mol. The van der Waals surface area contributed by atoms with E-state index < -0.39 is 0 Å². The molecule has 0 aliphatic heterocycles. The summed E-state index contributed by atoms with van der Waals surface area (Å²) in [5.41, 5.74) is 2.18. The van der Waals surface area contributed by atoms with Crippen LogP contribution in [-0.4, -0.2) is 40.9 Å². The average molecular weight is 248 g/mol.